The molecule has 3 heterocycles. The fraction of sp³-hybridized carbons (Fsp3) is 0.565. The van der Waals surface area contributed by atoms with Crippen LogP contribution in [0.25, 0.3) is 11.7 Å². The topological polar surface area (TPSA) is 55.6 Å². The van der Waals surface area contributed by atoms with Gasteiger partial charge >= 0.3 is 6.18 Å². The lowest BCUT2D eigenvalue weighted by Crippen LogP contribution is -2.39. The summed E-state index contributed by atoms with van der Waals surface area (Å²) in [5.41, 5.74) is -0.577. The molecular formula is C23H26F5N3O2. The number of imidazole rings is 1. The van der Waals surface area contributed by atoms with Gasteiger partial charge in [0.15, 0.2) is 5.69 Å². The molecule has 5 nitrogen and oxygen atoms in total. The number of nitrogens with zero attached hydrogens (tertiary/aromatic N) is 2. The summed E-state index contributed by atoms with van der Waals surface area (Å²) in [4.78, 5) is 16.7. The number of hydrogen-bond donors (Lipinski definition) is 1. The first kappa shape index (κ1) is 23.7. The van der Waals surface area contributed by atoms with Gasteiger partial charge in [-0.3, -0.25) is 4.79 Å². The van der Waals surface area contributed by atoms with Crippen molar-refractivity contribution in [1.29, 1.82) is 0 Å². The Morgan fingerprint density at radius 3 is 2.52 bits per heavy atom. The zero-order valence-electron chi connectivity index (χ0n) is 18.1. The van der Waals surface area contributed by atoms with E-state index in [1.807, 2.05) is 0 Å². The van der Waals surface area contributed by atoms with Crippen molar-refractivity contribution in [3.8, 4) is 0 Å². The van der Waals surface area contributed by atoms with Crippen LogP contribution in [0.15, 0.2) is 18.8 Å². The Hall–Kier alpha value is -2.49. The van der Waals surface area contributed by atoms with Gasteiger partial charge in [-0.15, -0.1) is 0 Å². The Morgan fingerprint density at radius 1 is 1.24 bits per heavy atom. The molecular weight excluding hydrogens is 445 g/mol. The molecule has 1 aliphatic carbocycles. The Labute approximate surface area is 188 Å². The highest BCUT2D eigenvalue weighted by Gasteiger charge is 2.40. The second kappa shape index (κ2) is 9.04. The molecule has 0 spiro atoms. The molecule has 2 aliphatic rings. The third-order valence-electron chi connectivity index (χ3n) is 6.50. The predicted octanol–water partition coefficient (Wildman–Crippen LogP) is 5.27. The SMILES string of the molecule is C=Cc1cn2c(CC3CCC(F)(F)CC3)c(C(F)(F)F)nc2cc1C(=O)NC1CCOCC1. The fourth-order valence-corrected chi connectivity index (χ4v) is 4.62. The van der Waals surface area contributed by atoms with Crippen molar-refractivity contribution in [1.82, 2.24) is 14.7 Å². The highest BCUT2D eigenvalue weighted by molar-refractivity contribution is 5.98. The van der Waals surface area contributed by atoms with Crippen LogP contribution in [0.4, 0.5) is 22.0 Å². The second-order valence-electron chi connectivity index (χ2n) is 8.84. The largest absolute Gasteiger partial charge is 0.435 e. The van der Waals surface area contributed by atoms with E-state index < -0.39 is 23.7 Å². The van der Waals surface area contributed by atoms with Crippen molar-refractivity contribution < 1.29 is 31.5 Å². The molecule has 1 aliphatic heterocycles. The van der Waals surface area contributed by atoms with Crippen LogP contribution in [-0.2, 0) is 17.3 Å². The molecule has 1 saturated carbocycles. The first-order chi connectivity index (χ1) is 15.6. The van der Waals surface area contributed by atoms with Gasteiger partial charge in [-0.05, 0) is 44.1 Å². The number of carbonyl (C=O) groups excluding carboxylic acids is 1. The molecule has 0 bridgehead atoms. The van der Waals surface area contributed by atoms with E-state index in [1.54, 1.807) is 0 Å². The molecule has 2 fully saturated rings. The number of pyridine rings is 1. The number of fused-ring (bicyclic) bond motifs is 1. The molecule has 10 heteroatoms. The van der Waals surface area contributed by atoms with Crippen LogP contribution in [0.3, 0.4) is 0 Å². The molecule has 2 aromatic heterocycles. The number of halogens is 5. The molecule has 4 rings (SSSR count). The summed E-state index contributed by atoms with van der Waals surface area (Å²) in [7, 11) is 0. The second-order valence-corrected chi connectivity index (χ2v) is 8.84. The highest BCUT2D eigenvalue weighted by Crippen LogP contribution is 2.40. The average molecular weight is 471 g/mol. The van der Waals surface area contributed by atoms with E-state index in [0.717, 1.165) is 0 Å². The average Bonchev–Trinajstić information content (AvgIpc) is 3.12. The normalized spacial score (nSPS) is 20.2. The van der Waals surface area contributed by atoms with Gasteiger partial charge < -0.3 is 14.5 Å². The summed E-state index contributed by atoms with van der Waals surface area (Å²) in [6.45, 7) is 4.77. The van der Waals surface area contributed by atoms with Crippen molar-refractivity contribution in [2.45, 2.75) is 63.1 Å². The first-order valence-corrected chi connectivity index (χ1v) is 11.1. The minimum atomic E-state index is -4.71. The maximum absolute atomic E-state index is 13.8. The molecule has 0 unspecified atom stereocenters. The Kier molecular flexibility index (Phi) is 6.48. The van der Waals surface area contributed by atoms with Crippen LogP contribution in [0.5, 0.6) is 0 Å². The predicted molar refractivity (Wildman–Crippen MR) is 112 cm³/mol. The maximum atomic E-state index is 13.8. The van der Waals surface area contributed by atoms with Crippen LogP contribution in [0.2, 0.25) is 0 Å². The summed E-state index contributed by atoms with van der Waals surface area (Å²) in [5, 5.41) is 2.90. The molecule has 1 amide bonds. The van der Waals surface area contributed by atoms with Crippen LogP contribution in [-0.4, -0.2) is 40.5 Å². The van der Waals surface area contributed by atoms with Gasteiger partial charge in [0.1, 0.15) is 5.65 Å². The third kappa shape index (κ3) is 5.20. The molecule has 0 atom stereocenters. The van der Waals surface area contributed by atoms with Gasteiger partial charge in [0.05, 0.1) is 11.3 Å². The number of nitrogens with one attached hydrogen (secondary N) is 1. The maximum Gasteiger partial charge on any atom is 0.435 e. The van der Waals surface area contributed by atoms with Gasteiger partial charge in [0.25, 0.3) is 5.91 Å². The lowest BCUT2D eigenvalue weighted by Gasteiger charge is -2.28. The Morgan fingerprint density at radius 2 is 1.91 bits per heavy atom. The quantitative estimate of drug-likeness (QED) is 0.605. The molecule has 33 heavy (non-hydrogen) atoms. The molecule has 1 N–H and O–H groups in total. The van der Waals surface area contributed by atoms with E-state index in [-0.39, 0.29) is 61.0 Å². The van der Waals surface area contributed by atoms with E-state index >= 15 is 0 Å². The van der Waals surface area contributed by atoms with Crippen molar-refractivity contribution in [2.75, 3.05) is 13.2 Å². The lowest BCUT2D eigenvalue weighted by atomic mass is 9.83. The van der Waals surface area contributed by atoms with Crippen LogP contribution in [0, 0.1) is 5.92 Å². The smallest absolute Gasteiger partial charge is 0.381 e. The Bertz CT molecular complexity index is 1030. The van der Waals surface area contributed by atoms with Gasteiger partial charge in [0, 0.05) is 43.9 Å². The minimum Gasteiger partial charge on any atom is -0.381 e. The Balaban J connectivity index is 1.68. The number of carbonyl (C=O) groups is 1. The number of hydrogen-bond acceptors (Lipinski definition) is 3. The molecule has 0 aromatic carbocycles. The van der Waals surface area contributed by atoms with Gasteiger partial charge in [0.2, 0.25) is 5.92 Å². The van der Waals surface area contributed by atoms with Crippen LogP contribution < -0.4 is 5.32 Å². The molecule has 0 radical (unpaired) electrons. The number of alkyl halides is 5. The monoisotopic (exact) mass is 471 g/mol. The fourth-order valence-electron chi connectivity index (χ4n) is 4.62. The number of rotatable bonds is 5. The summed E-state index contributed by atoms with van der Waals surface area (Å²) >= 11 is 0. The summed E-state index contributed by atoms with van der Waals surface area (Å²) in [5.74, 6) is -3.47. The summed E-state index contributed by atoms with van der Waals surface area (Å²) < 4.78 is 75.0. The first-order valence-electron chi connectivity index (χ1n) is 11.1. The lowest BCUT2D eigenvalue weighted by molar-refractivity contribution is -0.141. The van der Waals surface area contributed by atoms with Crippen molar-refractivity contribution in [3.05, 3.63) is 41.4 Å². The third-order valence-corrected chi connectivity index (χ3v) is 6.50. The molecule has 2 aromatic rings. The number of amides is 1. The van der Waals surface area contributed by atoms with E-state index in [0.29, 0.717) is 31.6 Å². The van der Waals surface area contributed by atoms with Crippen molar-refractivity contribution in [3.63, 3.8) is 0 Å². The van der Waals surface area contributed by atoms with Gasteiger partial charge in [-0.25, -0.2) is 13.8 Å². The molecule has 1 saturated heterocycles. The number of ether oxygens (including phenoxy) is 1. The minimum absolute atomic E-state index is 0.0128. The van der Waals surface area contributed by atoms with Gasteiger partial charge in [-0.1, -0.05) is 12.7 Å². The summed E-state index contributed by atoms with van der Waals surface area (Å²) in [6, 6.07) is 1.25. The highest BCUT2D eigenvalue weighted by atomic mass is 19.4. The molecule has 180 valence electrons. The van der Waals surface area contributed by atoms with E-state index in [2.05, 4.69) is 16.9 Å². The summed E-state index contributed by atoms with van der Waals surface area (Å²) in [6.07, 6.45) is -0.932. The standard InChI is InChI=1S/C23H26F5N3O2/c1-2-15-13-31-18(11-14-3-7-22(24,25)8-4-14)20(23(26,27)28)30-19(31)12-17(15)21(32)29-16-5-9-33-10-6-16/h2,12-14,16H,1,3-11H2,(H,29,32). The van der Waals surface area contributed by atoms with Gasteiger partial charge in [-0.2, -0.15) is 13.2 Å². The van der Waals surface area contributed by atoms with E-state index in [9.17, 15) is 26.7 Å². The number of aromatic nitrogens is 2. The van der Waals surface area contributed by atoms with E-state index in [1.165, 1.54) is 22.7 Å². The van der Waals surface area contributed by atoms with Crippen LogP contribution in [0.1, 0.15) is 65.8 Å². The zero-order valence-corrected chi connectivity index (χ0v) is 18.1. The van der Waals surface area contributed by atoms with Crippen LogP contribution >= 0.6 is 0 Å². The van der Waals surface area contributed by atoms with Crippen molar-refractivity contribution >= 4 is 17.6 Å². The van der Waals surface area contributed by atoms with Crippen molar-refractivity contribution in [2.24, 2.45) is 5.92 Å². The van der Waals surface area contributed by atoms with E-state index in [4.69, 9.17) is 4.74 Å². The zero-order chi connectivity index (χ0) is 23.8.